The fourth-order valence-electron chi connectivity index (χ4n) is 1.43. The Hall–Kier alpha value is -1.13. The number of hydrogen-bond donors (Lipinski definition) is 1. The summed E-state index contributed by atoms with van der Waals surface area (Å²) in [4.78, 5) is 4.64. The zero-order valence-electron chi connectivity index (χ0n) is 7.49. The summed E-state index contributed by atoms with van der Waals surface area (Å²) < 4.78 is 1.81. The third kappa shape index (κ3) is 1.36. The molecule has 72 valence electrons. The first-order valence-corrected chi connectivity index (χ1v) is 4.82. The van der Waals surface area contributed by atoms with E-state index in [2.05, 4.69) is 4.98 Å². The minimum atomic E-state index is 0.331. The van der Waals surface area contributed by atoms with E-state index in [4.69, 9.17) is 29.6 Å². The monoisotopic (exact) mass is 225 g/mol. The first-order chi connectivity index (χ1) is 6.59. The number of aryl methyl sites for hydroxylation is 1. The van der Waals surface area contributed by atoms with Gasteiger partial charge in [0.1, 0.15) is 16.3 Å². The molecular weight excluding hydrogens is 218 g/mol. The SMILES string of the molecule is Cc1nc2ccc(Cl)cn2c1C(N)=S. The molecule has 0 aliphatic rings. The first kappa shape index (κ1) is 9.43. The Bertz CT molecular complexity index is 518. The number of fused-ring (bicyclic) bond motifs is 1. The van der Waals surface area contributed by atoms with E-state index in [-0.39, 0.29) is 0 Å². The van der Waals surface area contributed by atoms with Crippen molar-refractivity contribution in [2.75, 3.05) is 0 Å². The molecule has 0 aromatic carbocycles. The smallest absolute Gasteiger partial charge is 0.137 e. The average molecular weight is 226 g/mol. The number of hydrogen-bond acceptors (Lipinski definition) is 2. The van der Waals surface area contributed by atoms with Crippen LogP contribution in [0.5, 0.6) is 0 Å². The quantitative estimate of drug-likeness (QED) is 0.755. The van der Waals surface area contributed by atoms with Crippen molar-refractivity contribution < 1.29 is 0 Å². The van der Waals surface area contributed by atoms with Crippen LogP contribution in [-0.4, -0.2) is 14.4 Å². The predicted molar refractivity (Wildman–Crippen MR) is 60.8 cm³/mol. The Morgan fingerprint density at radius 2 is 2.29 bits per heavy atom. The van der Waals surface area contributed by atoms with Gasteiger partial charge in [-0.25, -0.2) is 4.98 Å². The third-order valence-corrected chi connectivity index (χ3v) is 2.41. The highest BCUT2D eigenvalue weighted by Gasteiger charge is 2.10. The summed E-state index contributed by atoms with van der Waals surface area (Å²) >= 11 is 10.8. The summed E-state index contributed by atoms with van der Waals surface area (Å²) in [6.07, 6.45) is 1.76. The van der Waals surface area contributed by atoms with E-state index in [1.165, 1.54) is 0 Å². The molecule has 3 nitrogen and oxygen atoms in total. The lowest BCUT2D eigenvalue weighted by Gasteiger charge is -2.00. The van der Waals surface area contributed by atoms with Crippen molar-refractivity contribution in [1.82, 2.24) is 9.38 Å². The molecule has 2 heterocycles. The van der Waals surface area contributed by atoms with Crippen LogP contribution in [0.1, 0.15) is 11.4 Å². The number of halogens is 1. The summed E-state index contributed by atoms with van der Waals surface area (Å²) in [6.45, 7) is 1.87. The van der Waals surface area contributed by atoms with Gasteiger partial charge in [0.05, 0.1) is 10.7 Å². The first-order valence-electron chi connectivity index (χ1n) is 4.03. The molecule has 0 unspecified atom stereocenters. The average Bonchev–Trinajstić information content (AvgIpc) is 2.40. The van der Waals surface area contributed by atoms with Crippen molar-refractivity contribution in [2.24, 2.45) is 5.73 Å². The molecule has 14 heavy (non-hydrogen) atoms. The summed E-state index contributed by atoms with van der Waals surface area (Å²) in [5, 5.41) is 0.632. The zero-order chi connectivity index (χ0) is 10.3. The van der Waals surface area contributed by atoms with Crippen molar-refractivity contribution in [3.8, 4) is 0 Å². The van der Waals surface area contributed by atoms with E-state index in [1.807, 2.05) is 13.0 Å². The Labute approximate surface area is 91.5 Å². The lowest BCUT2D eigenvalue weighted by Crippen LogP contribution is -2.13. The number of imidazole rings is 1. The fourth-order valence-corrected chi connectivity index (χ4v) is 1.84. The third-order valence-electron chi connectivity index (χ3n) is 1.99. The maximum atomic E-state index is 5.87. The second-order valence-corrected chi connectivity index (χ2v) is 3.86. The summed E-state index contributed by atoms with van der Waals surface area (Å²) in [5.41, 5.74) is 7.97. The molecule has 0 aliphatic carbocycles. The number of thiocarbonyl (C=S) groups is 1. The minimum absolute atomic E-state index is 0.331. The molecule has 0 atom stereocenters. The van der Waals surface area contributed by atoms with Gasteiger partial charge in [-0.15, -0.1) is 0 Å². The molecule has 2 aromatic heterocycles. The van der Waals surface area contributed by atoms with Gasteiger partial charge < -0.3 is 5.73 Å². The van der Waals surface area contributed by atoms with Crippen molar-refractivity contribution in [3.63, 3.8) is 0 Å². The van der Waals surface area contributed by atoms with E-state index < -0.39 is 0 Å². The van der Waals surface area contributed by atoms with Crippen LogP contribution in [0.15, 0.2) is 18.3 Å². The lowest BCUT2D eigenvalue weighted by molar-refractivity contribution is 1.16. The maximum Gasteiger partial charge on any atom is 0.137 e. The molecule has 0 radical (unpaired) electrons. The molecule has 0 spiro atoms. The van der Waals surface area contributed by atoms with Crippen LogP contribution in [-0.2, 0) is 0 Å². The van der Waals surface area contributed by atoms with Crippen molar-refractivity contribution in [2.45, 2.75) is 6.92 Å². The van der Waals surface area contributed by atoms with Gasteiger partial charge in [0, 0.05) is 6.20 Å². The van der Waals surface area contributed by atoms with Crippen molar-refractivity contribution >= 4 is 34.5 Å². The largest absolute Gasteiger partial charge is 0.388 e. The highest BCUT2D eigenvalue weighted by Crippen LogP contribution is 2.15. The highest BCUT2D eigenvalue weighted by atomic mass is 35.5. The second-order valence-electron chi connectivity index (χ2n) is 2.99. The summed E-state index contributed by atoms with van der Waals surface area (Å²) in [5.74, 6) is 0. The lowest BCUT2D eigenvalue weighted by atomic mass is 10.3. The molecule has 0 saturated carbocycles. The number of nitrogens with two attached hydrogens (primary N) is 1. The molecule has 5 heteroatoms. The standard InChI is InChI=1S/C9H8ClN3S/c1-5-8(9(11)14)13-4-6(10)2-3-7(13)12-5/h2-4H,1H3,(H2,11,14). The Balaban J connectivity index is 2.86. The molecule has 0 fully saturated rings. The molecular formula is C9H8ClN3S. The van der Waals surface area contributed by atoms with Crippen LogP contribution in [0.2, 0.25) is 5.02 Å². The maximum absolute atomic E-state index is 5.87. The van der Waals surface area contributed by atoms with Gasteiger partial charge in [-0.05, 0) is 19.1 Å². The topological polar surface area (TPSA) is 43.3 Å². The van der Waals surface area contributed by atoms with Crippen molar-refractivity contribution in [1.29, 1.82) is 0 Å². The summed E-state index contributed by atoms with van der Waals surface area (Å²) in [7, 11) is 0. The van der Waals surface area contributed by atoms with E-state index >= 15 is 0 Å². The van der Waals surface area contributed by atoms with E-state index in [1.54, 1.807) is 16.7 Å². The molecule has 0 amide bonds. The highest BCUT2D eigenvalue weighted by molar-refractivity contribution is 7.80. The normalized spacial score (nSPS) is 10.7. The molecule has 2 aromatic rings. The van der Waals surface area contributed by atoms with E-state index in [9.17, 15) is 0 Å². The van der Waals surface area contributed by atoms with Gasteiger partial charge in [-0.2, -0.15) is 0 Å². The van der Waals surface area contributed by atoms with Gasteiger partial charge in [0.2, 0.25) is 0 Å². The number of rotatable bonds is 1. The van der Waals surface area contributed by atoms with Crippen LogP contribution in [0, 0.1) is 6.92 Å². The van der Waals surface area contributed by atoms with E-state index in [0.29, 0.717) is 10.0 Å². The molecule has 2 rings (SSSR count). The Morgan fingerprint density at radius 1 is 1.57 bits per heavy atom. The van der Waals surface area contributed by atoms with Gasteiger partial charge in [0.15, 0.2) is 0 Å². The van der Waals surface area contributed by atoms with Gasteiger partial charge in [-0.3, -0.25) is 4.40 Å². The minimum Gasteiger partial charge on any atom is -0.388 e. The van der Waals surface area contributed by atoms with Gasteiger partial charge >= 0.3 is 0 Å². The van der Waals surface area contributed by atoms with Crippen LogP contribution >= 0.6 is 23.8 Å². The number of pyridine rings is 1. The van der Waals surface area contributed by atoms with E-state index in [0.717, 1.165) is 17.0 Å². The van der Waals surface area contributed by atoms with Crippen LogP contribution in [0.25, 0.3) is 5.65 Å². The molecule has 2 N–H and O–H groups in total. The molecule has 0 aliphatic heterocycles. The number of nitrogens with zero attached hydrogens (tertiary/aromatic N) is 2. The van der Waals surface area contributed by atoms with Crippen LogP contribution in [0.4, 0.5) is 0 Å². The van der Waals surface area contributed by atoms with Crippen LogP contribution in [0.3, 0.4) is 0 Å². The van der Waals surface area contributed by atoms with Gasteiger partial charge in [-0.1, -0.05) is 23.8 Å². The zero-order valence-corrected chi connectivity index (χ0v) is 9.06. The molecule has 0 bridgehead atoms. The predicted octanol–water partition coefficient (Wildman–Crippen LogP) is 1.93. The Morgan fingerprint density at radius 3 is 2.93 bits per heavy atom. The number of aromatic nitrogens is 2. The van der Waals surface area contributed by atoms with Crippen LogP contribution < -0.4 is 5.73 Å². The second kappa shape index (κ2) is 3.22. The van der Waals surface area contributed by atoms with Crippen molar-refractivity contribution in [3.05, 3.63) is 34.7 Å². The van der Waals surface area contributed by atoms with Gasteiger partial charge in [0.25, 0.3) is 0 Å². The summed E-state index contributed by atoms with van der Waals surface area (Å²) in [6, 6.07) is 3.61. The Kier molecular flexibility index (Phi) is 2.17. The fraction of sp³-hybridized carbons (Fsp3) is 0.111. The molecule has 0 saturated heterocycles.